The van der Waals surface area contributed by atoms with E-state index in [0.717, 1.165) is 24.2 Å². The molecule has 0 spiro atoms. The van der Waals surface area contributed by atoms with Crippen molar-refractivity contribution in [1.82, 2.24) is 5.32 Å². The fourth-order valence-corrected chi connectivity index (χ4v) is 2.41. The van der Waals surface area contributed by atoms with Gasteiger partial charge in [-0.05, 0) is 43.2 Å². The van der Waals surface area contributed by atoms with Crippen molar-refractivity contribution in [3.63, 3.8) is 0 Å². The van der Waals surface area contributed by atoms with Crippen LogP contribution in [0.3, 0.4) is 0 Å². The molecule has 3 amide bonds. The minimum absolute atomic E-state index is 0.299. The number of aryl methyl sites for hydroxylation is 1. The molecule has 2 rings (SSSR count). The van der Waals surface area contributed by atoms with Crippen LogP contribution in [0.4, 0.5) is 16.2 Å². The predicted octanol–water partition coefficient (Wildman–Crippen LogP) is 2.74. The summed E-state index contributed by atoms with van der Waals surface area (Å²) >= 11 is 0. The van der Waals surface area contributed by atoms with E-state index in [4.69, 9.17) is 5.73 Å². The first-order valence-electron chi connectivity index (χ1n) is 8.19. The molecule has 0 saturated heterocycles. The van der Waals surface area contributed by atoms with Gasteiger partial charge in [-0.1, -0.05) is 24.3 Å². The van der Waals surface area contributed by atoms with Crippen LogP contribution in [0.2, 0.25) is 0 Å². The standard InChI is InChI=1S/C19H24N4O2/c1-14-9-10-15(18(20)24)13-17(14)22-19(25)21-11-6-12-23(2)16-7-4-3-5-8-16/h3-5,7-10,13H,6,11-12H2,1-2H3,(H2,20,24)(H2,21,22,25). The van der Waals surface area contributed by atoms with Crippen LogP contribution in [0.25, 0.3) is 0 Å². The van der Waals surface area contributed by atoms with Gasteiger partial charge in [0.1, 0.15) is 0 Å². The Kier molecular flexibility index (Phi) is 6.39. The number of carbonyl (C=O) groups is 2. The summed E-state index contributed by atoms with van der Waals surface area (Å²) in [5.41, 5.74) is 8.22. The summed E-state index contributed by atoms with van der Waals surface area (Å²) in [6.45, 7) is 3.24. The van der Waals surface area contributed by atoms with Crippen molar-refractivity contribution in [3.8, 4) is 0 Å². The number of rotatable bonds is 7. The number of benzene rings is 2. The fourth-order valence-electron chi connectivity index (χ4n) is 2.41. The molecule has 0 radical (unpaired) electrons. The lowest BCUT2D eigenvalue weighted by Gasteiger charge is -2.19. The molecule has 0 saturated carbocycles. The normalized spacial score (nSPS) is 10.2. The molecule has 0 unspecified atom stereocenters. The Morgan fingerprint density at radius 3 is 2.52 bits per heavy atom. The summed E-state index contributed by atoms with van der Waals surface area (Å²) in [7, 11) is 2.02. The monoisotopic (exact) mass is 340 g/mol. The lowest BCUT2D eigenvalue weighted by Crippen LogP contribution is -2.32. The summed E-state index contributed by atoms with van der Waals surface area (Å²) in [6.07, 6.45) is 0.819. The molecule has 25 heavy (non-hydrogen) atoms. The quantitative estimate of drug-likeness (QED) is 0.677. The number of primary amides is 1. The van der Waals surface area contributed by atoms with Gasteiger partial charge in [-0.25, -0.2) is 4.79 Å². The average Bonchev–Trinajstić information content (AvgIpc) is 2.61. The molecule has 0 aliphatic carbocycles. The third-order valence-corrected chi connectivity index (χ3v) is 3.92. The van der Waals surface area contributed by atoms with Gasteiger partial charge in [0.2, 0.25) is 5.91 Å². The van der Waals surface area contributed by atoms with Crippen LogP contribution in [-0.4, -0.2) is 32.1 Å². The third kappa shape index (κ3) is 5.53. The van der Waals surface area contributed by atoms with Crippen LogP contribution < -0.4 is 21.3 Å². The van der Waals surface area contributed by atoms with Crippen LogP contribution in [0.1, 0.15) is 22.3 Å². The number of anilines is 2. The zero-order valence-corrected chi connectivity index (χ0v) is 14.6. The van der Waals surface area contributed by atoms with Crippen LogP contribution in [0.5, 0.6) is 0 Å². The zero-order valence-electron chi connectivity index (χ0n) is 14.6. The summed E-state index contributed by atoms with van der Waals surface area (Å²) in [4.78, 5) is 25.4. The molecule has 0 aromatic heterocycles. The highest BCUT2D eigenvalue weighted by Gasteiger charge is 2.08. The van der Waals surface area contributed by atoms with Crippen LogP contribution in [0, 0.1) is 6.92 Å². The van der Waals surface area contributed by atoms with Gasteiger partial charge in [0.25, 0.3) is 0 Å². The Bertz CT molecular complexity index is 731. The molecule has 0 aliphatic heterocycles. The maximum Gasteiger partial charge on any atom is 0.319 e. The molecule has 2 aromatic carbocycles. The molecular formula is C19H24N4O2. The summed E-state index contributed by atoms with van der Waals surface area (Å²) in [5, 5.41) is 5.57. The number of nitrogens with zero attached hydrogens (tertiary/aromatic N) is 1. The largest absolute Gasteiger partial charge is 0.375 e. The number of carbonyl (C=O) groups excluding carboxylic acids is 2. The Labute approximate surface area is 148 Å². The average molecular weight is 340 g/mol. The maximum atomic E-state index is 12.0. The Hall–Kier alpha value is -3.02. The maximum absolute atomic E-state index is 12.0. The summed E-state index contributed by atoms with van der Waals surface area (Å²) < 4.78 is 0. The minimum Gasteiger partial charge on any atom is -0.375 e. The van der Waals surface area contributed by atoms with Gasteiger partial charge >= 0.3 is 6.03 Å². The third-order valence-electron chi connectivity index (χ3n) is 3.92. The zero-order chi connectivity index (χ0) is 18.2. The molecule has 0 bridgehead atoms. The minimum atomic E-state index is -0.521. The van der Waals surface area contributed by atoms with Crippen molar-refractivity contribution in [2.45, 2.75) is 13.3 Å². The predicted molar refractivity (Wildman–Crippen MR) is 101 cm³/mol. The molecule has 4 N–H and O–H groups in total. The van der Waals surface area contributed by atoms with Crippen molar-refractivity contribution in [2.24, 2.45) is 5.73 Å². The number of hydrogen-bond donors (Lipinski definition) is 3. The van der Waals surface area contributed by atoms with Gasteiger partial charge in [-0.15, -0.1) is 0 Å². The van der Waals surface area contributed by atoms with Crippen LogP contribution in [0.15, 0.2) is 48.5 Å². The Morgan fingerprint density at radius 1 is 1.12 bits per heavy atom. The van der Waals surface area contributed by atoms with E-state index in [1.54, 1.807) is 18.2 Å². The second-order valence-electron chi connectivity index (χ2n) is 5.89. The first-order valence-corrected chi connectivity index (χ1v) is 8.19. The molecule has 6 heteroatoms. The van der Waals surface area contributed by atoms with E-state index in [9.17, 15) is 9.59 Å². The fraction of sp³-hybridized carbons (Fsp3) is 0.263. The van der Waals surface area contributed by atoms with Gasteiger partial charge in [0.15, 0.2) is 0 Å². The van der Waals surface area contributed by atoms with Crippen molar-refractivity contribution < 1.29 is 9.59 Å². The SMILES string of the molecule is Cc1ccc(C(N)=O)cc1NC(=O)NCCCN(C)c1ccccc1. The molecule has 0 atom stereocenters. The lowest BCUT2D eigenvalue weighted by molar-refractivity contribution is 0.100. The number of nitrogens with one attached hydrogen (secondary N) is 2. The Balaban J connectivity index is 1.78. The molecule has 6 nitrogen and oxygen atoms in total. The van der Waals surface area contributed by atoms with E-state index in [1.165, 1.54) is 0 Å². The molecule has 0 aliphatic rings. The van der Waals surface area contributed by atoms with Crippen molar-refractivity contribution in [2.75, 3.05) is 30.4 Å². The van der Waals surface area contributed by atoms with Gasteiger partial charge in [0.05, 0.1) is 0 Å². The highest BCUT2D eigenvalue weighted by Crippen LogP contribution is 2.16. The summed E-state index contributed by atoms with van der Waals surface area (Å²) in [5.74, 6) is -0.521. The molecular weight excluding hydrogens is 316 g/mol. The topological polar surface area (TPSA) is 87.5 Å². The van der Waals surface area contributed by atoms with Gasteiger partial charge in [-0.3, -0.25) is 4.79 Å². The highest BCUT2D eigenvalue weighted by atomic mass is 16.2. The van der Waals surface area contributed by atoms with Crippen molar-refractivity contribution in [1.29, 1.82) is 0 Å². The number of nitrogens with two attached hydrogens (primary N) is 1. The van der Waals surface area contributed by atoms with Crippen molar-refractivity contribution >= 4 is 23.3 Å². The number of amides is 3. The van der Waals surface area contributed by atoms with E-state index in [-0.39, 0.29) is 6.03 Å². The number of urea groups is 1. The molecule has 2 aromatic rings. The van der Waals surface area contributed by atoms with Gasteiger partial charge in [0, 0.05) is 37.1 Å². The number of hydrogen-bond acceptors (Lipinski definition) is 3. The van der Waals surface area contributed by atoms with Gasteiger partial charge in [-0.2, -0.15) is 0 Å². The Morgan fingerprint density at radius 2 is 1.84 bits per heavy atom. The van der Waals surface area contributed by atoms with Crippen LogP contribution in [-0.2, 0) is 0 Å². The smallest absolute Gasteiger partial charge is 0.319 e. The van der Waals surface area contributed by atoms with Crippen molar-refractivity contribution in [3.05, 3.63) is 59.7 Å². The first kappa shape index (κ1) is 18.3. The van der Waals surface area contributed by atoms with Gasteiger partial charge < -0.3 is 21.3 Å². The van der Waals surface area contributed by atoms with Crippen LogP contribution >= 0.6 is 0 Å². The van der Waals surface area contributed by atoms with E-state index < -0.39 is 5.91 Å². The van der Waals surface area contributed by atoms with E-state index in [2.05, 4.69) is 27.7 Å². The first-order chi connectivity index (χ1) is 12.0. The molecule has 0 fully saturated rings. The van der Waals surface area contributed by atoms with E-state index >= 15 is 0 Å². The second kappa shape index (κ2) is 8.73. The molecule has 0 heterocycles. The number of para-hydroxylation sites is 1. The highest BCUT2D eigenvalue weighted by molar-refractivity contribution is 5.96. The molecule has 132 valence electrons. The second-order valence-corrected chi connectivity index (χ2v) is 5.89. The van der Waals surface area contributed by atoms with E-state index in [1.807, 2.05) is 32.2 Å². The van der Waals surface area contributed by atoms with E-state index in [0.29, 0.717) is 17.8 Å². The lowest BCUT2D eigenvalue weighted by atomic mass is 10.1. The summed E-state index contributed by atoms with van der Waals surface area (Å²) in [6, 6.07) is 14.8.